The number of hydrogen-bond donors (Lipinski definition) is 1. The molecule has 106 valence electrons. The molecule has 0 aromatic carbocycles. The number of likely N-dealkylation sites (N-methyl/N-ethyl adjacent to an activating group) is 1. The fourth-order valence-electron chi connectivity index (χ4n) is 2.57. The van der Waals surface area contributed by atoms with Crippen molar-refractivity contribution in [3.8, 4) is 0 Å². The van der Waals surface area contributed by atoms with Crippen molar-refractivity contribution in [3.63, 3.8) is 0 Å². The molecule has 1 saturated carbocycles. The van der Waals surface area contributed by atoms with Crippen molar-refractivity contribution >= 4 is 17.3 Å². The van der Waals surface area contributed by atoms with Crippen molar-refractivity contribution in [2.45, 2.75) is 57.5 Å². The highest BCUT2D eigenvalue weighted by molar-refractivity contribution is 7.09. The van der Waals surface area contributed by atoms with E-state index in [0.29, 0.717) is 18.0 Å². The van der Waals surface area contributed by atoms with Crippen molar-refractivity contribution in [1.29, 1.82) is 0 Å². The molecular weight excluding hydrogens is 254 g/mol. The second-order valence-corrected chi connectivity index (χ2v) is 6.55. The molecule has 0 aliphatic heterocycles. The minimum Gasteiger partial charge on any atom is -0.370 e. The summed E-state index contributed by atoms with van der Waals surface area (Å²) in [4.78, 5) is 8.24. The molecule has 1 heterocycles. The second-order valence-electron chi connectivity index (χ2n) is 5.52. The SMILES string of the molecule is CC(Cc1cccs1)N(C)C(N)=NC1CCCCC1. The number of guanidine groups is 1. The zero-order chi connectivity index (χ0) is 13.7. The number of hydrogen-bond acceptors (Lipinski definition) is 2. The topological polar surface area (TPSA) is 41.6 Å². The Kier molecular flexibility index (Phi) is 5.25. The Morgan fingerprint density at radius 1 is 1.47 bits per heavy atom. The summed E-state index contributed by atoms with van der Waals surface area (Å²) in [6, 6.07) is 5.13. The van der Waals surface area contributed by atoms with E-state index in [4.69, 9.17) is 10.7 Å². The van der Waals surface area contributed by atoms with Crippen molar-refractivity contribution < 1.29 is 0 Å². The average Bonchev–Trinajstić information content (AvgIpc) is 2.91. The zero-order valence-corrected chi connectivity index (χ0v) is 12.8. The number of nitrogens with two attached hydrogens (primary N) is 1. The largest absolute Gasteiger partial charge is 0.370 e. The lowest BCUT2D eigenvalue weighted by Gasteiger charge is -2.27. The predicted molar refractivity (Wildman–Crippen MR) is 83.7 cm³/mol. The first kappa shape index (κ1) is 14.4. The van der Waals surface area contributed by atoms with E-state index in [9.17, 15) is 0 Å². The molecule has 1 atom stereocenters. The third-order valence-electron chi connectivity index (χ3n) is 3.99. The van der Waals surface area contributed by atoms with Gasteiger partial charge >= 0.3 is 0 Å². The van der Waals surface area contributed by atoms with Crippen LogP contribution in [0.2, 0.25) is 0 Å². The van der Waals surface area contributed by atoms with Gasteiger partial charge in [0.15, 0.2) is 5.96 Å². The molecular formula is C15H25N3S. The summed E-state index contributed by atoms with van der Waals surface area (Å²) in [6.07, 6.45) is 7.40. The van der Waals surface area contributed by atoms with E-state index in [1.807, 2.05) is 11.3 Å². The molecule has 3 nitrogen and oxygen atoms in total. The van der Waals surface area contributed by atoms with E-state index in [-0.39, 0.29) is 0 Å². The summed E-state index contributed by atoms with van der Waals surface area (Å²) in [5.41, 5.74) is 6.16. The highest BCUT2D eigenvalue weighted by atomic mass is 32.1. The van der Waals surface area contributed by atoms with Gasteiger partial charge in [0.25, 0.3) is 0 Å². The van der Waals surface area contributed by atoms with Gasteiger partial charge in [-0.25, -0.2) is 4.99 Å². The molecule has 4 heteroatoms. The van der Waals surface area contributed by atoms with Crippen LogP contribution in [0.5, 0.6) is 0 Å². The molecule has 1 aliphatic carbocycles. The molecule has 0 bridgehead atoms. The summed E-state index contributed by atoms with van der Waals surface area (Å²) in [5.74, 6) is 0.705. The van der Waals surface area contributed by atoms with Crippen LogP contribution in [-0.4, -0.2) is 30.0 Å². The predicted octanol–water partition coefficient (Wildman–Crippen LogP) is 3.26. The van der Waals surface area contributed by atoms with Crippen LogP contribution < -0.4 is 5.73 Å². The highest BCUT2D eigenvalue weighted by Gasteiger charge is 2.16. The summed E-state index contributed by atoms with van der Waals surface area (Å²) in [7, 11) is 2.06. The quantitative estimate of drug-likeness (QED) is 0.679. The van der Waals surface area contributed by atoms with Crippen molar-refractivity contribution in [2.75, 3.05) is 7.05 Å². The fraction of sp³-hybridized carbons (Fsp3) is 0.667. The van der Waals surface area contributed by atoms with Crippen LogP contribution in [0.25, 0.3) is 0 Å². The van der Waals surface area contributed by atoms with E-state index in [0.717, 1.165) is 6.42 Å². The minimum atomic E-state index is 0.394. The third-order valence-corrected chi connectivity index (χ3v) is 4.89. The van der Waals surface area contributed by atoms with Gasteiger partial charge in [0.1, 0.15) is 0 Å². The van der Waals surface area contributed by atoms with Crippen LogP contribution >= 0.6 is 11.3 Å². The van der Waals surface area contributed by atoms with Crippen LogP contribution in [0.4, 0.5) is 0 Å². The van der Waals surface area contributed by atoms with E-state index in [2.05, 4.69) is 36.4 Å². The molecule has 1 aromatic heterocycles. The normalized spacial score (nSPS) is 19.4. The molecule has 19 heavy (non-hydrogen) atoms. The molecule has 1 unspecified atom stereocenters. The fourth-order valence-corrected chi connectivity index (χ4v) is 3.40. The van der Waals surface area contributed by atoms with Crippen LogP contribution in [0.1, 0.15) is 43.9 Å². The molecule has 0 spiro atoms. The van der Waals surface area contributed by atoms with Gasteiger partial charge in [0.2, 0.25) is 0 Å². The first-order valence-corrected chi connectivity index (χ1v) is 8.13. The van der Waals surface area contributed by atoms with E-state index in [1.165, 1.54) is 37.0 Å². The Balaban J connectivity index is 1.89. The van der Waals surface area contributed by atoms with Gasteiger partial charge < -0.3 is 10.6 Å². The van der Waals surface area contributed by atoms with Crippen LogP contribution in [-0.2, 0) is 6.42 Å². The lowest BCUT2D eigenvalue weighted by molar-refractivity contribution is 0.375. The minimum absolute atomic E-state index is 0.394. The Morgan fingerprint density at radius 3 is 2.84 bits per heavy atom. The Morgan fingerprint density at radius 2 is 2.21 bits per heavy atom. The van der Waals surface area contributed by atoms with E-state index in [1.54, 1.807) is 0 Å². The maximum absolute atomic E-state index is 6.16. The van der Waals surface area contributed by atoms with Gasteiger partial charge in [-0.1, -0.05) is 25.3 Å². The zero-order valence-electron chi connectivity index (χ0n) is 12.0. The standard InChI is InChI=1S/C15H25N3S/c1-12(11-14-9-6-10-19-14)18(2)15(16)17-13-7-4-3-5-8-13/h6,9-10,12-13H,3-5,7-8,11H2,1-2H3,(H2,16,17). The molecule has 2 rings (SSSR count). The van der Waals surface area contributed by atoms with Gasteiger partial charge in [-0.2, -0.15) is 0 Å². The number of rotatable bonds is 4. The number of thiophene rings is 1. The van der Waals surface area contributed by atoms with Crippen LogP contribution in [0.15, 0.2) is 22.5 Å². The first-order chi connectivity index (χ1) is 9.16. The Labute approximate surface area is 120 Å². The lowest BCUT2D eigenvalue weighted by atomic mass is 9.96. The maximum atomic E-state index is 6.16. The number of nitrogens with zero attached hydrogens (tertiary/aromatic N) is 2. The molecule has 1 fully saturated rings. The molecule has 2 N–H and O–H groups in total. The van der Waals surface area contributed by atoms with Gasteiger partial charge in [-0.15, -0.1) is 11.3 Å². The Bertz CT molecular complexity index is 394. The second kappa shape index (κ2) is 6.94. The van der Waals surface area contributed by atoms with E-state index < -0.39 is 0 Å². The van der Waals surface area contributed by atoms with Gasteiger partial charge in [0.05, 0.1) is 6.04 Å². The number of aliphatic imine (C=N–C) groups is 1. The van der Waals surface area contributed by atoms with Gasteiger partial charge in [-0.3, -0.25) is 0 Å². The highest BCUT2D eigenvalue weighted by Crippen LogP contribution is 2.20. The van der Waals surface area contributed by atoms with E-state index >= 15 is 0 Å². The molecule has 0 amide bonds. The van der Waals surface area contributed by atoms with Gasteiger partial charge in [0, 0.05) is 24.4 Å². The average molecular weight is 279 g/mol. The molecule has 1 aliphatic rings. The Hall–Kier alpha value is -1.03. The summed E-state index contributed by atoms with van der Waals surface area (Å²) < 4.78 is 0. The molecule has 0 radical (unpaired) electrons. The van der Waals surface area contributed by atoms with Crippen LogP contribution in [0.3, 0.4) is 0 Å². The lowest BCUT2D eigenvalue weighted by Crippen LogP contribution is -2.42. The van der Waals surface area contributed by atoms with Gasteiger partial charge in [-0.05, 0) is 31.2 Å². The van der Waals surface area contributed by atoms with Crippen LogP contribution in [0, 0.1) is 0 Å². The smallest absolute Gasteiger partial charge is 0.191 e. The summed E-state index contributed by atoms with van der Waals surface area (Å²) in [6.45, 7) is 2.21. The van der Waals surface area contributed by atoms with Crippen molar-refractivity contribution in [3.05, 3.63) is 22.4 Å². The summed E-state index contributed by atoms with van der Waals surface area (Å²) >= 11 is 1.81. The van der Waals surface area contributed by atoms with Crippen molar-refractivity contribution in [1.82, 2.24) is 4.90 Å². The first-order valence-electron chi connectivity index (χ1n) is 7.25. The molecule has 0 saturated heterocycles. The third kappa shape index (κ3) is 4.23. The summed E-state index contributed by atoms with van der Waals surface area (Å²) in [5, 5.41) is 2.13. The molecule has 1 aromatic rings. The monoisotopic (exact) mass is 279 g/mol. The van der Waals surface area contributed by atoms with Crippen molar-refractivity contribution in [2.24, 2.45) is 10.7 Å². The maximum Gasteiger partial charge on any atom is 0.191 e.